The highest BCUT2D eigenvalue weighted by Gasteiger charge is 2.30. The number of halogens is 1. The molecule has 3 aromatic rings. The third-order valence-corrected chi connectivity index (χ3v) is 7.37. The monoisotopic (exact) mass is 522 g/mol. The summed E-state index contributed by atoms with van der Waals surface area (Å²) in [6, 6.07) is 25.1. The Hall–Kier alpha value is -2.76. The lowest BCUT2D eigenvalue weighted by atomic mass is 10.0. The Bertz CT molecular complexity index is 1120. The summed E-state index contributed by atoms with van der Waals surface area (Å²) in [6.45, 7) is 6.46. The van der Waals surface area contributed by atoms with E-state index in [2.05, 4.69) is 11.4 Å². The molecule has 0 aliphatic heterocycles. The van der Waals surface area contributed by atoms with Crippen LogP contribution in [0.4, 0.5) is 0 Å². The standard InChI is InChI=1S/C30H35ClN2O2S/c1-4-23(3)32-30(35)28(20-24-10-6-5-7-11-24)33(21-25-12-8-9-22(2)19-25)29(34)17-18-36-27-15-13-26(31)14-16-27/h5-16,19,23,28H,4,17-18,20-21H2,1-3H3,(H,32,35)/t23-,28+/m0/s1. The van der Waals surface area contributed by atoms with Crippen molar-refractivity contribution in [1.82, 2.24) is 10.2 Å². The first-order chi connectivity index (χ1) is 17.4. The van der Waals surface area contributed by atoms with E-state index in [-0.39, 0.29) is 17.9 Å². The Balaban J connectivity index is 1.85. The summed E-state index contributed by atoms with van der Waals surface area (Å²) in [5.41, 5.74) is 3.17. The summed E-state index contributed by atoms with van der Waals surface area (Å²) in [4.78, 5) is 30.0. The lowest BCUT2D eigenvalue weighted by Gasteiger charge is -2.32. The van der Waals surface area contributed by atoms with E-state index < -0.39 is 6.04 Å². The van der Waals surface area contributed by atoms with Gasteiger partial charge >= 0.3 is 0 Å². The maximum absolute atomic E-state index is 13.7. The number of nitrogens with zero attached hydrogens (tertiary/aromatic N) is 1. The molecule has 3 aromatic carbocycles. The SMILES string of the molecule is CC[C@H](C)NC(=O)[C@@H](Cc1ccccc1)N(Cc1cccc(C)c1)C(=O)CCSc1ccc(Cl)cc1. The number of thioether (sulfide) groups is 1. The summed E-state index contributed by atoms with van der Waals surface area (Å²) in [5, 5.41) is 3.81. The molecule has 1 N–H and O–H groups in total. The van der Waals surface area contributed by atoms with E-state index in [1.54, 1.807) is 16.7 Å². The molecular weight excluding hydrogens is 488 g/mol. The second kappa shape index (κ2) is 14.1. The van der Waals surface area contributed by atoms with Crippen molar-refractivity contribution in [2.75, 3.05) is 5.75 Å². The molecule has 0 fully saturated rings. The van der Waals surface area contributed by atoms with Crippen molar-refractivity contribution in [1.29, 1.82) is 0 Å². The van der Waals surface area contributed by atoms with Crippen molar-refractivity contribution in [2.24, 2.45) is 0 Å². The van der Waals surface area contributed by atoms with Gasteiger partial charge < -0.3 is 10.2 Å². The number of nitrogens with one attached hydrogen (secondary N) is 1. The van der Waals surface area contributed by atoms with E-state index in [4.69, 9.17) is 11.6 Å². The van der Waals surface area contributed by atoms with E-state index in [1.165, 1.54) is 0 Å². The minimum absolute atomic E-state index is 0.0294. The molecule has 0 saturated carbocycles. The number of carbonyl (C=O) groups excluding carboxylic acids is 2. The van der Waals surface area contributed by atoms with Gasteiger partial charge in [0.2, 0.25) is 11.8 Å². The third-order valence-electron chi connectivity index (χ3n) is 6.11. The van der Waals surface area contributed by atoms with Gasteiger partial charge in [0, 0.05) is 41.1 Å². The Kier molecular flexibility index (Phi) is 10.9. The van der Waals surface area contributed by atoms with Gasteiger partial charge in [-0.15, -0.1) is 11.8 Å². The van der Waals surface area contributed by atoms with Crippen LogP contribution in [0.2, 0.25) is 5.02 Å². The van der Waals surface area contributed by atoms with Crippen LogP contribution in [0.1, 0.15) is 43.4 Å². The molecule has 3 rings (SSSR count). The molecule has 4 nitrogen and oxygen atoms in total. The zero-order chi connectivity index (χ0) is 25.9. The molecule has 2 atom stereocenters. The lowest BCUT2D eigenvalue weighted by molar-refractivity contribution is -0.141. The first-order valence-corrected chi connectivity index (χ1v) is 13.8. The summed E-state index contributed by atoms with van der Waals surface area (Å²) < 4.78 is 0. The molecule has 0 bridgehead atoms. The summed E-state index contributed by atoms with van der Waals surface area (Å²) in [7, 11) is 0. The minimum atomic E-state index is -0.602. The topological polar surface area (TPSA) is 49.4 Å². The van der Waals surface area contributed by atoms with Crippen molar-refractivity contribution in [2.45, 2.75) is 63.6 Å². The zero-order valence-corrected chi connectivity index (χ0v) is 22.8. The smallest absolute Gasteiger partial charge is 0.243 e. The molecule has 0 unspecified atom stereocenters. The number of hydrogen-bond acceptors (Lipinski definition) is 3. The molecule has 190 valence electrons. The summed E-state index contributed by atoms with van der Waals surface area (Å²) >= 11 is 7.61. The number of amides is 2. The van der Waals surface area contributed by atoms with Gasteiger partial charge in [0.25, 0.3) is 0 Å². The number of aryl methyl sites for hydroxylation is 1. The minimum Gasteiger partial charge on any atom is -0.352 e. The summed E-state index contributed by atoms with van der Waals surface area (Å²) in [6.07, 6.45) is 1.62. The molecule has 0 aliphatic rings. The van der Waals surface area contributed by atoms with Gasteiger partial charge in [-0.25, -0.2) is 0 Å². The van der Waals surface area contributed by atoms with Gasteiger partial charge in [-0.2, -0.15) is 0 Å². The summed E-state index contributed by atoms with van der Waals surface area (Å²) in [5.74, 6) is 0.480. The van der Waals surface area contributed by atoms with Crippen molar-refractivity contribution in [3.8, 4) is 0 Å². The molecule has 0 aliphatic carbocycles. The second-order valence-electron chi connectivity index (χ2n) is 9.09. The van der Waals surface area contributed by atoms with Gasteiger partial charge in [-0.1, -0.05) is 78.7 Å². The fraction of sp³-hybridized carbons (Fsp3) is 0.333. The molecular formula is C30H35ClN2O2S. The molecule has 0 aromatic heterocycles. The van der Waals surface area contributed by atoms with Crippen molar-refractivity contribution in [3.63, 3.8) is 0 Å². The highest BCUT2D eigenvalue weighted by atomic mass is 35.5. The number of carbonyl (C=O) groups is 2. The van der Waals surface area contributed by atoms with Gasteiger partial charge in [-0.3, -0.25) is 9.59 Å². The lowest BCUT2D eigenvalue weighted by Crippen LogP contribution is -2.52. The fourth-order valence-electron chi connectivity index (χ4n) is 3.93. The molecule has 0 heterocycles. The average molecular weight is 523 g/mol. The molecule has 6 heteroatoms. The normalized spacial score (nSPS) is 12.6. The first-order valence-electron chi connectivity index (χ1n) is 12.4. The Morgan fingerprint density at radius 3 is 2.33 bits per heavy atom. The quantitative estimate of drug-likeness (QED) is 0.270. The van der Waals surface area contributed by atoms with Crippen LogP contribution < -0.4 is 5.32 Å². The van der Waals surface area contributed by atoms with E-state index in [0.717, 1.165) is 28.0 Å². The molecule has 36 heavy (non-hydrogen) atoms. The van der Waals surface area contributed by atoms with Crippen LogP contribution >= 0.6 is 23.4 Å². The van der Waals surface area contributed by atoms with Crippen LogP contribution in [-0.4, -0.2) is 34.6 Å². The van der Waals surface area contributed by atoms with Crippen LogP contribution in [0.3, 0.4) is 0 Å². The predicted molar refractivity (Wildman–Crippen MR) is 150 cm³/mol. The zero-order valence-electron chi connectivity index (χ0n) is 21.2. The molecule has 0 spiro atoms. The van der Waals surface area contributed by atoms with E-state index >= 15 is 0 Å². The van der Waals surface area contributed by atoms with Crippen LogP contribution in [0.15, 0.2) is 83.8 Å². The second-order valence-corrected chi connectivity index (χ2v) is 10.7. The Morgan fingerprint density at radius 2 is 1.67 bits per heavy atom. The van der Waals surface area contributed by atoms with E-state index in [9.17, 15) is 9.59 Å². The maximum Gasteiger partial charge on any atom is 0.243 e. The largest absolute Gasteiger partial charge is 0.352 e. The van der Waals surface area contributed by atoms with Gasteiger partial charge in [0.15, 0.2) is 0 Å². The predicted octanol–water partition coefficient (Wildman–Crippen LogP) is 6.69. The maximum atomic E-state index is 13.7. The van der Waals surface area contributed by atoms with Gasteiger partial charge in [0.05, 0.1) is 0 Å². The van der Waals surface area contributed by atoms with Gasteiger partial charge in [0.1, 0.15) is 6.04 Å². The fourth-order valence-corrected chi connectivity index (χ4v) is 4.90. The van der Waals surface area contributed by atoms with Crippen LogP contribution in [0.25, 0.3) is 0 Å². The molecule has 0 saturated heterocycles. The first kappa shape index (κ1) is 27.8. The van der Waals surface area contributed by atoms with E-state index in [0.29, 0.717) is 30.2 Å². The Labute approximate surface area is 224 Å². The number of hydrogen-bond donors (Lipinski definition) is 1. The van der Waals surface area contributed by atoms with Crippen molar-refractivity contribution in [3.05, 3.63) is 101 Å². The number of benzene rings is 3. The highest BCUT2D eigenvalue weighted by Crippen LogP contribution is 2.23. The number of rotatable bonds is 12. The Morgan fingerprint density at radius 1 is 0.972 bits per heavy atom. The third kappa shape index (κ3) is 8.72. The van der Waals surface area contributed by atoms with Crippen LogP contribution in [-0.2, 0) is 22.6 Å². The van der Waals surface area contributed by atoms with Crippen molar-refractivity contribution >= 4 is 35.2 Å². The highest BCUT2D eigenvalue weighted by molar-refractivity contribution is 7.99. The van der Waals surface area contributed by atoms with Crippen LogP contribution in [0.5, 0.6) is 0 Å². The average Bonchev–Trinajstić information content (AvgIpc) is 2.87. The van der Waals surface area contributed by atoms with Gasteiger partial charge in [-0.05, 0) is 55.7 Å². The molecule has 0 radical (unpaired) electrons. The van der Waals surface area contributed by atoms with Crippen molar-refractivity contribution < 1.29 is 9.59 Å². The van der Waals surface area contributed by atoms with Crippen LogP contribution in [0, 0.1) is 6.92 Å². The van der Waals surface area contributed by atoms with E-state index in [1.807, 2.05) is 93.6 Å². The molecule has 2 amide bonds.